The lowest BCUT2D eigenvalue weighted by atomic mass is 9.83. The number of hydrogen-bond donors (Lipinski definition) is 4. The van der Waals surface area contributed by atoms with Crippen molar-refractivity contribution >= 4 is 17.8 Å². The zero-order valence-electron chi connectivity index (χ0n) is 21.4. The molecule has 0 saturated carbocycles. The van der Waals surface area contributed by atoms with Gasteiger partial charge in [-0.05, 0) is 74.9 Å². The fourth-order valence-electron chi connectivity index (χ4n) is 5.64. The van der Waals surface area contributed by atoms with E-state index in [0.29, 0.717) is 18.4 Å². The maximum absolute atomic E-state index is 14.7. The first-order valence-corrected chi connectivity index (χ1v) is 12.8. The molecule has 9 heteroatoms. The number of aliphatic hydroxyl groups is 1. The predicted molar refractivity (Wildman–Crippen MR) is 136 cm³/mol. The molecule has 0 radical (unpaired) electrons. The normalized spacial score (nSPS) is 29.1. The van der Waals surface area contributed by atoms with Crippen LogP contribution in [0.5, 0.6) is 5.75 Å². The van der Waals surface area contributed by atoms with Gasteiger partial charge in [0.05, 0.1) is 24.1 Å². The number of fused-ring (bicyclic) bond motifs is 2. The molecule has 0 aromatic heterocycles. The van der Waals surface area contributed by atoms with Crippen molar-refractivity contribution in [3.63, 3.8) is 0 Å². The molecule has 196 valence electrons. The number of hydrogen-bond acceptors (Lipinski definition) is 5. The van der Waals surface area contributed by atoms with E-state index >= 15 is 0 Å². The summed E-state index contributed by atoms with van der Waals surface area (Å²) in [6.07, 6.45) is 3.38. The molecular formula is C28H33FN4O4. The molecule has 2 amide bonds. The second-order valence-corrected chi connectivity index (χ2v) is 10.9. The van der Waals surface area contributed by atoms with Crippen LogP contribution in [0.3, 0.4) is 0 Å². The van der Waals surface area contributed by atoms with Crippen molar-refractivity contribution in [1.29, 1.82) is 5.41 Å². The number of benzene rings is 2. The molecule has 3 aliphatic rings. The van der Waals surface area contributed by atoms with E-state index in [-0.39, 0.29) is 35.8 Å². The van der Waals surface area contributed by atoms with Crippen LogP contribution >= 0.6 is 0 Å². The number of aryl methyl sites for hydroxylation is 1. The van der Waals surface area contributed by atoms with Crippen molar-refractivity contribution in [2.24, 2.45) is 0 Å². The molecule has 1 saturated heterocycles. The van der Waals surface area contributed by atoms with E-state index in [9.17, 15) is 19.1 Å². The van der Waals surface area contributed by atoms with Gasteiger partial charge in [-0.2, -0.15) is 0 Å². The summed E-state index contributed by atoms with van der Waals surface area (Å²) < 4.78 is 20.3. The number of nitrogens with zero attached hydrogens (tertiary/aromatic N) is 1. The molecule has 8 nitrogen and oxygen atoms in total. The van der Waals surface area contributed by atoms with Gasteiger partial charge in [-0.3, -0.25) is 19.9 Å². The minimum Gasteiger partial charge on any atom is -0.490 e. The third-order valence-corrected chi connectivity index (χ3v) is 7.97. The Morgan fingerprint density at radius 1 is 1.32 bits per heavy atom. The molecular weight excluding hydrogens is 475 g/mol. The predicted octanol–water partition coefficient (Wildman–Crippen LogP) is 3.74. The first kappa shape index (κ1) is 25.2. The topological polar surface area (TPSA) is 115 Å². The summed E-state index contributed by atoms with van der Waals surface area (Å²) >= 11 is 0. The number of guanidine groups is 1. The highest BCUT2D eigenvalue weighted by Crippen LogP contribution is 2.40. The Kier molecular flexibility index (Phi) is 6.22. The first-order valence-electron chi connectivity index (χ1n) is 12.8. The number of carbonyl (C=O) groups excluding carboxylic acids is 2. The zero-order valence-corrected chi connectivity index (χ0v) is 21.4. The molecule has 0 spiro atoms. The molecule has 2 aromatic rings. The summed E-state index contributed by atoms with van der Waals surface area (Å²) in [6, 6.07) is 8.40. The largest absolute Gasteiger partial charge is 0.490 e. The Hall–Kier alpha value is -3.46. The summed E-state index contributed by atoms with van der Waals surface area (Å²) in [5.74, 6) is -0.770. The van der Waals surface area contributed by atoms with Gasteiger partial charge in [0, 0.05) is 11.1 Å². The monoisotopic (exact) mass is 508 g/mol. The Balaban J connectivity index is 1.45. The van der Waals surface area contributed by atoms with Gasteiger partial charge in [0.1, 0.15) is 23.8 Å². The molecule has 2 aliphatic heterocycles. The molecule has 1 fully saturated rings. The fourth-order valence-corrected chi connectivity index (χ4v) is 5.64. The second-order valence-electron chi connectivity index (χ2n) is 10.9. The van der Waals surface area contributed by atoms with Gasteiger partial charge in [0.25, 0.3) is 5.91 Å². The number of rotatable bonds is 4. The average molecular weight is 509 g/mol. The van der Waals surface area contributed by atoms with Gasteiger partial charge < -0.3 is 20.5 Å². The second kappa shape index (κ2) is 9.13. The minimum absolute atomic E-state index is 0.0821. The van der Waals surface area contributed by atoms with E-state index < -0.39 is 28.9 Å². The van der Waals surface area contributed by atoms with Crippen LogP contribution in [0.4, 0.5) is 4.39 Å². The first-order chi connectivity index (χ1) is 17.5. The quantitative estimate of drug-likeness (QED) is 0.502. The average Bonchev–Trinajstić information content (AvgIpc) is 2.85. The lowest BCUT2D eigenvalue weighted by Crippen LogP contribution is -2.61. The van der Waals surface area contributed by atoms with Crippen LogP contribution in [0.1, 0.15) is 85.6 Å². The van der Waals surface area contributed by atoms with Crippen LogP contribution in [0.15, 0.2) is 36.4 Å². The third-order valence-electron chi connectivity index (χ3n) is 7.97. The summed E-state index contributed by atoms with van der Waals surface area (Å²) in [7, 11) is 0. The molecule has 5 rings (SSSR count). The van der Waals surface area contributed by atoms with E-state index in [1.165, 1.54) is 24.0 Å². The minimum atomic E-state index is -1.52. The number of carbonyl (C=O) groups is 2. The van der Waals surface area contributed by atoms with Crippen molar-refractivity contribution < 1.29 is 23.8 Å². The summed E-state index contributed by atoms with van der Waals surface area (Å²) in [4.78, 5) is 28.1. The van der Waals surface area contributed by atoms with Crippen LogP contribution < -0.4 is 15.4 Å². The number of halogens is 1. The number of ether oxygens (including phenoxy) is 1. The number of nitrogens with one attached hydrogen (secondary N) is 3. The van der Waals surface area contributed by atoms with E-state index in [2.05, 4.69) is 10.6 Å². The highest BCUT2D eigenvalue weighted by molar-refractivity contribution is 6.00. The van der Waals surface area contributed by atoms with Gasteiger partial charge in [-0.15, -0.1) is 0 Å². The van der Waals surface area contributed by atoms with Crippen LogP contribution in [-0.2, 0) is 11.2 Å². The van der Waals surface area contributed by atoms with E-state index in [1.54, 1.807) is 18.2 Å². The summed E-state index contributed by atoms with van der Waals surface area (Å²) in [5.41, 5.74) is 0.356. The van der Waals surface area contributed by atoms with Gasteiger partial charge in [0.15, 0.2) is 5.96 Å². The van der Waals surface area contributed by atoms with Crippen LogP contribution in [0.2, 0.25) is 0 Å². The molecule has 37 heavy (non-hydrogen) atoms. The smallest absolute Gasteiger partial charge is 0.251 e. The van der Waals surface area contributed by atoms with Crippen molar-refractivity contribution in [3.8, 4) is 5.75 Å². The van der Waals surface area contributed by atoms with Crippen molar-refractivity contribution in [2.75, 3.05) is 6.61 Å². The Morgan fingerprint density at radius 3 is 2.84 bits per heavy atom. The van der Waals surface area contributed by atoms with Gasteiger partial charge in [-0.25, -0.2) is 4.39 Å². The van der Waals surface area contributed by atoms with Crippen LogP contribution in [0.25, 0.3) is 0 Å². The maximum atomic E-state index is 14.7. The molecule has 2 heterocycles. The van der Waals surface area contributed by atoms with E-state index in [0.717, 1.165) is 30.4 Å². The van der Waals surface area contributed by atoms with Crippen molar-refractivity contribution in [1.82, 2.24) is 15.5 Å². The maximum Gasteiger partial charge on any atom is 0.251 e. The van der Waals surface area contributed by atoms with E-state index in [4.69, 9.17) is 10.1 Å². The van der Waals surface area contributed by atoms with Crippen LogP contribution in [0, 0.1) is 11.2 Å². The zero-order chi connectivity index (χ0) is 26.5. The van der Waals surface area contributed by atoms with Crippen molar-refractivity contribution in [2.45, 2.75) is 76.1 Å². The SMILES string of the molecule is CC[C@]1(C)CC(=O)N([C@@H]2CCCc3ccc(C(=O)NC4c5c(F)cccc5OCC4(C)O)cc32)C(=N)N1. The molecule has 4 N–H and O–H groups in total. The molecule has 0 bridgehead atoms. The standard InChI is InChI=1S/C28H33FN4O4/c1-4-27(2)14-22(34)33(26(30)32-27)20-9-5-7-16-11-12-17(13-18(16)20)25(35)31-24-23-19(29)8-6-10-21(23)37-15-28(24,3)36/h6,8,10-13,20,24,36H,4-5,7,9,14-15H2,1-3H3,(H2,30,32)(H,31,35)/t20-,24?,27-,28?/m1/s1. The summed E-state index contributed by atoms with van der Waals surface area (Å²) in [6.45, 7) is 5.34. The van der Waals surface area contributed by atoms with Crippen molar-refractivity contribution in [3.05, 3.63) is 64.5 Å². The summed E-state index contributed by atoms with van der Waals surface area (Å²) in [5, 5.41) is 25.6. The lowest BCUT2D eigenvalue weighted by Gasteiger charge is -2.44. The Bertz CT molecular complexity index is 1260. The fraction of sp³-hybridized carbons (Fsp3) is 0.464. The van der Waals surface area contributed by atoms with Gasteiger partial charge in [0.2, 0.25) is 5.91 Å². The highest BCUT2D eigenvalue weighted by atomic mass is 19.1. The third kappa shape index (κ3) is 4.45. The molecule has 2 unspecified atom stereocenters. The van der Waals surface area contributed by atoms with Gasteiger partial charge in [-0.1, -0.05) is 19.1 Å². The Labute approximate surface area is 215 Å². The highest BCUT2D eigenvalue weighted by Gasteiger charge is 2.44. The van der Waals surface area contributed by atoms with Gasteiger partial charge >= 0.3 is 0 Å². The Morgan fingerprint density at radius 2 is 2.11 bits per heavy atom. The molecule has 4 atom stereocenters. The van der Waals surface area contributed by atoms with E-state index in [1.807, 2.05) is 19.9 Å². The lowest BCUT2D eigenvalue weighted by molar-refractivity contribution is -0.132. The molecule has 1 aliphatic carbocycles. The molecule has 2 aromatic carbocycles. The van der Waals surface area contributed by atoms with Crippen LogP contribution in [-0.4, -0.2) is 45.5 Å². The number of amides is 2.